The van der Waals surface area contributed by atoms with Gasteiger partial charge in [-0.1, -0.05) is 25.0 Å². The molecule has 1 N–H and O–H groups in total. The molecule has 1 atom stereocenters. The Bertz CT molecular complexity index is 709. The minimum atomic E-state index is -0.875. The van der Waals surface area contributed by atoms with Crippen molar-refractivity contribution in [2.75, 3.05) is 18.9 Å². The maximum absolute atomic E-state index is 12.5. The lowest BCUT2D eigenvalue weighted by Crippen LogP contribution is -2.50. The van der Waals surface area contributed by atoms with Crippen LogP contribution in [0, 0.1) is 5.41 Å². The number of carbonyl (C=O) groups excluding carboxylic acids is 2. The van der Waals surface area contributed by atoms with Crippen LogP contribution < -0.4 is 4.74 Å². The zero-order valence-corrected chi connectivity index (χ0v) is 16.4. The summed E-state index contributed by atoms with van der Waals surface area (Å²) < 4.78 is 5.85. The Morgan fingerprint density at radius 2 is 1.89 bits per heavy atom. The van der Waals surface area contributed by atoms with Crippen LogP contribution in [0.1, 0.15) is 50.5 Å². The fourth-order valence-electron chi connectivity index (χ4n) is 4.64. The number of piperidine rings is 1. The summed E-state index contributed by atoms with van der Waals surface area (Å²) in [5, 5.41) is 10.4. The minimum absolute atomic E-state index is 0.0237. The number of likely N-dealkylation sites (tertiary alicyclic amines) is 1. The summed E-state index contributed by atoms with van der Waals surface area (Å²) in [7, 11) is 0. The van der Waals surface area contributed by atoms with Crippen LogP contribution in [-0.2, 0) is 16.0 Å². The molecule has 4 rings (SSSR count). The van der Waals surface area contributed by atoms with Gasteiger partial charge in [0.1, 0.15) is 18.5 Å². The largest absolute Gasteiger partial charge is 0.490 e. The normalized spacial score (nSPS) is 22.8. The summed E-state index contributed by atoms with van der Waals surface area (Å²) in [6.07, 6.45) is 6.39. The summed E-state index contributed by atoms with van der Waals surface area (Å²) in [5.74, 6) is 1.59. The van der Waals surface area contributed by atoms with E-state index in [1.165, 1.54) is 16.9 Å². The van der Waals surface area contributed by atoms with Crippen molar-refractivity contribution in [3.63, 3.8) is 0 Å². The van der Waals surface area contributed by atoms with E-state index in [1.807, 2.05) is 12.1 Å². The van der Waals surface area contributed by atoms with E-state index in [1.54, 1.807) is 11.8 Å². The molecular formula is C21H27NO4S. The van der Waals surface area contributed by atoms with Gasteiger partial charge in [-0.05, 0) is 48.5 Å². The average Bonchev–Trinajstić information content (AvgIpc) is 3.10. The molecule has 3 aliphatic rings. The molecule has 0 bridgehead atoms. The van der Waals surface area contributed by atoms with Gasteiger partial charge in [-0.3, -0.25) is 14.5 Å². The third-order valence-corrected chi connectivity index (χ3v) is 7.29. The Balaban J connectivity index is 1.34. The highest BCUT2D eigenvalue weighted by atomic mass is 32.2. The highest BCUT2D eigenvalue weighted by Gasteiger charge is 2.45. The number of aryl methyl sites for hydroxylation is 1. The van der Waals surface area contributed by atoms with Crippen LogP contribution >= 0.6 is 11.8 Å². The Morgan fingerprint density at radius 3 is 2.63 bits per heavy atom. The lowest BCUT2D eigenvalue weighted by molar-refractivity contribution is -0.155. The summed E-state index contributed by atoms with van der Waals surface area (Å²) in [5.41, 5.74) is 1.19. The first kappa shape index (κ1) is 18.8. The lowest BCUT2D eigenvalue weighted by Gasteiger charge is -2.37. The molecule has 1 aromatic carbocycles. The van der Waals surface area contributed by atoms with Crippen molar-refractivity contribution < 1.29 is 19.4 Å². The molecule has 2 heterocycles. The number of fused-ring (bicyclic) bond motifs is 1. The second kappa shape index (κ2) is 7.84. The van der Waals surface area contributed by atoms with Gasteiger partial charge in [0.05, 0.1) is 11.4 Å². The van der Waals surface area contributed by atoms with E-state index in [9.17, 15) is 14.7 Å². The van der Waals surface area contributed by atoms with E-state index in [-0.39, 0.29) is 30.4 Å². The molecule has 27 heavy (non-hydrogen) atoms. The second-order valence-electron chi connectivity index (χ2n) is 8.12. The van der Waals surface area contributed by atoms with E-state index in [4.69, 9.17) is 4.74 Å². The van der Waals surface area contributed by atoms with Crippen LogP contribution in [0.15, 0.2) is 23.1 Å². The van der Waals surface area contributed by atoms with Crippen molar-refractivity contribution in [1.29, 1.82) is 0 Å². The number of thioether (sulfide) groups is 1. The predicted octanol–water partition coefficient (Wildman–Crippen LogP) is 3.17. The molecule has 0 radical (unpaired) electrons. The van der Waals surface area contributed by atoms with Gasteiger partial charge in [-0.2, -0.15) is 0 Å². The summed E-state index contributed by atoms with van der Waals surface area (Å²) >= 11 is 1.79. The fraction of sp³-hybridized carbons (Fsp3) is 0.619. The van der Waals surface area contributed by atoms with Crippen LogP contribution in [0.2, 0.25) is 0 Å². The number of aliphatic hydroxyl groups excluding tert-OH is 1. The molecule has 1 aliphatic carbocycles. The summed E-state index contributed by atoms with van der Waals surface area (Å²) in [4.78, 5) is 27.4. The number of ether oxygens (including phenoxy) is 1. The van der Waals surface area contributed by atoms with Gasteiger partial charge < -0.3 is 9.84 Å². The van der Waals surface area contributed by atoms with E-state index in [2.05, 4.69) is 6.07 Å². The number of aliphatic hydroxyl groups is 1. The predicted molar refractivity (Wildman–Crippen MR) is 104 cm³/mol. The Morgan fingerprint density at radius 1 is 1.15 bits per heavy atom. The SMILES string of the molecule is O=C1CC2(CCCC2)CC(=O)N1CC(O)COc1cccc2c1SCCC2. The highest BCUT2D eigenvalue weighted by Crippen LogP contribution is 2.47. The third-order valence-electron chi connectivity index (χ3n) is 6.04. The van der Waals surface area contributed by atoms with Crippen molar-refractivity contribution in [1.82, 2.24) is 4.90 Å². The van der Waals surface area contributed by atoms with Crippen LogP contribution in [0.3, 0.4) is 0 Å². The number of rotatable bonds is 5. The first-order chi connectivity index (χ1) is 13.1. The molecule has 1 spiro atoms. The second-order valence-corrected chi connectivity index (χ2v) is 9.23. The van der Waals surface area contributed by atoms with Gasteiger partial charge in [0, 0.05) is 12.8 Å². The van der Waals surface area contributed by atoms with Crippen LogP contribution in [0.25, 0.3) is 0 Å². The van der Waals surface area contributed by atoms with Crippen molar-refractivity contribution in [2.24, 2.45) is 5.41 Å². The number of imide groups is 1. The van der Waals surface area contributed by atoms with Gasteiger partial charge in [0.2, 0.25) is 11.8 Å². The first-order valence-corrected chi connectivity index (χ1v) is 10.9. The Labute approximate surface area is 164 Å². The average molecular weight is 390 g/mol. The maximum Gasteiger partial charge on any atom is 0.229 e. The van der Waals surface area contributed by atoms with Gasteiger partial charge in [0.15, 0.2) is 0 Å². The first-order valence-electron chi connectivity index (χ1n) is 9.95. The lowest BCUT2D eigenvalue weighted by atomic mass is 9.76. The van der Waals surface area contributed by atoms with Crippen LogP contribution in [0.4, 0.5) is 0 Å². The van der Waals surface area contributed by atoms with Crippen LogP contribution in [0.5, 0.6) is 5.75 Å². The number of carbonyl (C=O) groups is 2. The van der Waals surface area contributed by atoms with Crippen molar-refractivity contribution in [2.45, 2.75) is 62.4 Å². The molecule has 2 amide bonds. The smallest absolute Gasteiger partial charge is 0.229 e. The van der Waals surface area contributed by atoms with Crippen LogP contribution in [-0.4, -0.2) is 46.8 Å². The standard InChI is InChI=1S/C21H27NO4S/c23-16(14-26-17-7-3-5-15-6-4-10-27-20(15)17)13-22-18(24)11-21(12-19(22)25)8-1-2-9-21/h3,5,7,16,23H,1-2,4,6,8-14H2. The number of hydrogen-bond acceptors (Lipinski definition) is 5. The number of β-amino-alcohol motifs (C(OH)–C–C–N with tert-alkyl or cyclic N) is 1. The Kier molecular flexibility index (Phi) is 5.46. The van der Waals surface area contributed by atoms with Gasteiger partial charge in [0.25, 0.3) is 0 Å². The molecule has 6 heteroatoms. The number of nitrogens with zero attached hydrogens (tertiary/aromatic N) is 1. The summed E-state index contributed by atoms with van der Waals surface area (Å²) in [6.45, 7) is 0.106. The molecule has 1 saturated heterocycles. The molecule has 146 valence electrons. The molecule has 1 aromatic rings. The van der Waals surface area contributed by atoms with Gasteiger partial charge >= 0.3 is 0 Å². The third kappa shape index (κ3) is 4.02. The zero-order valence-electron chi connectivity index (χ0n) is 15.6. The molecular weight excluding hydrogens is 362 g/mol. The fourth-order valence-corrected chi connectivity index (χ4v) is 5.76. The topological polar surface area (TPSA) is 66.8 Å². The molecule has 1 saturated carbocycles. The van der Waals surface area contributed by atoms with Gasteiger partial charge in [-0.15, -0.1) is 11.8 Å². The minimum Gasteiger partial charge on any atom is -0.490 e. The summed E-state index contributed by atoms with van der Waals surface area (Å²) in [6, 6.07) is 6.02. The number of hydrogen-bond donors (Lipinski definition) is 1. The molecule has 2 fully saturated rings. The monoisotopic (exact) mass is 389 g/mol. The number of benzene rings is 1. The van der Waals surface area contributed by atoms with E-state index >= 15 is 0 Å². The van der Waals surface area contributed by atoms with Crippen molar-refractivity contribution >= 4 is 23.6 Å². The quantitative estimate of drug-likeness (QED) is 0.784. The van der Waals surface area contributed by atoms with E-state index < -0.39 is 6.10 Å². The number of amides is 2. The van der Waals surface area contributed by atoms with Gasteiger partial charge in [-0.25, -0.2) is 0 Å². The van der Waals surface area contributed by atoms with Crippen molar-refractivity contribution in [3.05, 3.63) is 23.8 Å². The molecule has 2 aliphatic heterocycles. The molecule has 0 aromatic heterocycles. The molecule has 1 unspecified atom stereocenters. The maximum atomic E-state index is 12.5. The Hall–Kier alpha value is -1.53. The zero-order chi connectivity index (χ0) is 18.9. The van der Waals surface area contributed by atoms with E-state index in [0.717, 1.165) is 48.5 Å². The molecule has 5 nitrogen and oxygen atoms in total. The van der Waals surface area contributed by atoms with E-state index in [0.29, 0.717) is 12.8 Å². The highest BCUT2D eigenvalue weighted by molar-refractivity contribution is 7.99. The van der Waals surface area contributed by atoms with Crippen molar-refractivity contribution in [3.8, 4) is 5.75 Å².